The van der Waals surface area contributed by atoms with Gasteiger partial charge in [-0.05, 0) is 31.5 Å². The summed E-state index contributed by atoms with van der Waals surface area (Å²) in [4.78, 5) is 38.0. The molecule has 0 unspecified atom stereocenters. The van der Waals surface area contributed by atoms with Gasteiger partial charge in [0.1, 0.15) is 22.9 Å². The molecular formula is C24H23N5O5. The molecule has 34 heavy (non-hydrogen) atoms. The number of aromatic nitrogens is 3. The average Bonchev–Trinajstić information content (AvgIpc) is 3.55. The van der Waals surface area contributed by atoms with Crippen molar-refractivity contribution in [2.75, 3.05) is 31.4 Å². The fourth-order valence-electron chi connectivity index (χ4n) is 3.94. The van der Waals surface area contributed by atoms with Gasteiger partial charge < -0.3 is 24.5 Å². The number of carbonyl (C=O) groups excluding carboxylic acids is 2. The van der Waals surface area contributed by atoms with Crippen LogP contribution in [0.1, 0.15) is 13.3 Å². The van der Waals surface area contributed by atoms with E-state index in [9.17, 15) is 9.59 Å². The SMILES string of the molecule is CCOC(=O)[C@H]1C[C@@H]1C(=O)Nc1cc2c(-c3nc4cc(OC)ccc4o3)cnc(NC)c2cn1. The quantitative estimate of drug-likeness (QED) is 0.396. The molecule has 5 rings (SSSR count). The number of benzene rings is 1. The number of methoxy groups -OCH3 is 1. The van der Waals surface area contributed by atoms with E-state index >= 15 is 0 Å². The van der Waals surface area contributed by atoms with Crippen LogP contribution in [0.5, 0.6) is 5.75 Å². The van der Waals surface area contributed by atoms with Crippen LogP contribution in [0.4, 0.5) is 11.6 Å². The highest BCUT2D eigenvalue weighted by molar-refractivity contribution is 6.04. The fourth-order valence-corrected chi connectivity index (χ4v) is 3.94. The molecule has 0 saturated heterocycles. The van der Waals surface area contributed by atoms with Gasteiger partial charge in [-0.3, -0.25) is 9.59 Å². The second kappa shape index (κ2) is 8.62. The van der Waals surface area contributed by atoms with Crippen molar-refractivity contribution in [1.29, 1.82) is 0 Å². The molecule has 0 spiro atoms. The maximum Gasteiger partial charge on any atom is 0.309 e. The van der Waals surface area contributed by atoms with Gasteiger partial charge in [0, 0.05) is 36.3 Å². The molecule has 1 fully saturated rings. The monoisotopic (exact) mass is 461 g/mol. The van der Waals surface area contributed by atoms with Crippen LogP contribution in [0.2, 0.25) is 0 Å². The van der Waals surface area contributed by atoms with Gasteiger partial charge in [0.25, 0.3) is 0 Å². The number of carbonyl (C=O) groups is 2. The van der Waals surface area contributed by atoms with Crippen molar-refractivity contribution in [2.24, 2.45) is 11.8 Å². The van der Waals surface area contributed by atoms with E-state index in [0.717, 1.165) is 10.8 Å². The van der Waals surface area contributed by atoms with Crippen LogP contribution in [-0.4, -0.2) is 47.6 Å². The molecular weight excluding hydrogens is 438 g/mol. The number of oxazole rings is 1. The number of anilines is 2. The first-order chi connectivity index (χ1) is 16.5. The predicted molar refractivity (Wildman–Crippen MR) is 125 cm³/mol. The summed E-state index contributed by atoms with van der Waals surface area (Å²) >= 11 is 0. The predicted octanol–water partition coefficient (Wildman–Crippen LogP) is 3.63. The largest absolute Gasteiger partial charge is 0.497 e. The molecule has 3 heterocycles. The summed E-state index contributed by atoms with van der Waals surface area (Å²) in [5.41, 5.74) is 1.92. The molecule has 10 heteroatoms. The lowest BCUT2D eigenvalue weighted by atomic mass is 10.1. The highest BCUT2D eigenvalue weighted by Gasteiger charge is 2.49. The van der Waals surface area contributed by atoms with Crippen LogP contribution >= 0.6 is 0 Å². The Balaban J connectivity index is 1.49. The van der Waals surface area contributed by atoms with Gasteiger partial charge in [-0.25, -0.2) is 15.0 Å². The third-order valence-corrected chi connectivity index (χ3v) is 5.80. The van der Waals surface area contributed by atoms with E-state index < -0.39 is 11.8 Å². The Morgan fingerprint density at radius 2 is 2.00 bits per heavy atom. The fraction of sp³-hybridized carbons (Fsp3) is 0.292. The number of amides is 1. The van der Waals surface area contributed by atoms with E-state index in [4.69, 9.17) is 13.9 Å². The van der Waals surface area contributed by atoms with Gasteiger partial charge in [-0.1, -0.05) is 0 Å². The Bertz CT molecular complexity index is 1420. The van der Waals surface area contributed by atoms with Gasteiger partial charge in [-0.15, -0.1) is 0 Å². The number of rotatable bonds is 7. The zero-order chi connectivity index (χ0) is 23.8. The molecule has 1 aliphatic carbocycles. The first-order valence-corrected chi connectivity index (χ1v) is 10.9. The van der Waals surface area contributed by atoms with Crippen LogP contribution in [0.3, 0.4) is 0 Å². The number of ether oxygens (including phenoxy) is 2. The maximum atomic E-state index is 12.7. The molecule has 0 bridgehead atoms. The van der Waals surface area contributed by atoms with Crippen molar-refractivity contribution < 1.29 is 23.5 Å². The van der Waals surface area contributed by atoms with Crippen LogP contribution < -0.4 is 15.4 Å². The lowest BCUT2D eigenvalue weighted by Gasteiger charge is -2.10. The number of hydrogen-bond acceptors (Lipinski definition) is 9. The highest BCUT2D eigenvalue weighted by Crippen LogP contribution is 2.40. The molecule has 1 amide bonds. The first kappa shape index (κ1) is 21.6. The Hall–Kier alpha value is -4.21. The van der Waals surface area contributed by atoms with E-state index in [0.29, 0.717) is 53.0 Å². The van der Waals surface area contributed by atoms with E-state index in [1.165, 1.54) is 0 Å². The van der Waals surface area contributed by atoms with Crippen LogP contribution in [0.15, 0.2) is 41.1 Å². The summed E-state index contributed by atoms with van der Waals surface area (Å²) in [5, 5.41) is 7.36. The highest BCUT2D eigenvalue weighted by atomic mass is 16.5. The van der Waals surface area contributed by atoms with Crippen LogP contribution in [0.25, 0.3) is 33.3 Å². The molecule has 3 aromatic heterocycles. The van der Waals surface area contributed by atoms with Crippen molar-refractivity contribution >= 4 is 45.4 Å². The molecule has 4 aromatic rings. The number of hydrogen-bond donors (Lipinski definition) is 2. The maximum absolute atomic E-state index is 12.7. The number of nitrogens with zero attached hydrogens (tertiary/aromatic N) is 3. The lowest BCUT2D eigenvalue weighted by Crippen LogP contribution is -2.18. The molecule has 174 valence electrons. The summed E-state index contributed by atoms with van der Waals surface area (Å²) in [6.45, 7) is 2.04. The molecule has 2 N–H and O–H groups in total. The molecule has 0 radical (unpaired) electrons. The molecule has 0 aliphatic heterocycles. The summed E-state index contributed by atoms with van der Waals surface area (Å²) in [7, 11) is 3.36. The second-order valence-electron chi connectivity index (χ2n) is 7.93. The van der Waals surface area contributed by atoms with Crippen molar-refractivity contribution in [3.8, 4) is 17.2 Å². The average molecular weight is 461 g/mol. The first-order valence-electron chi connectivity index (χ1n) is 10.9. The Labute approximate surface area is 194 Å². The van der Waals surface area contributed by atoms with Crippen LogP contribution in [-0.2, 0) is 14.3 Å². The second-order valence-corrected chi connectivity index (χ2v) is 7.93. The topological polar surface area (TPSA) is 128 Å². The molecule has 1 aliphatic rings. The molecule has 2 atom stereocenters. The zero-order valence-corrected chi connectivity index (χ0v) is 18.9. The van der Waals surface area contributed by atoms with E-state index in [2.05, 4.69) is 25.6 Å². The standard InChI is InChI=1S/C24H23N5O5/c1-4-33-24(31)15-8-14(15)22(30)29-20-9-13-16(10-26-20)21(25-2)27-11-17(13)23-28-18-7-12(32-3)5-6-19(18)34-23/h5-7,9-11,14-15H,4,8H2,1-3H3,(H,25,27)(H,26,29,30)/t14-,15-/m0/s1. The normalized spacial score (nSPS) is 16.9. The number of fused-ring (bicyclic) bond motifs is 2. The minimum absolute atomic E-state index is 0.261. The Kier molecular flexibility index (Phi) is 5.48. The van der Waals surface area contributed by atoms with E-state index in [1.807, 2.05) is 0 Å². The van der Waals surface area contributed by atoms with Gasteiger partial charge in [0.2, 0.25) is 11.8 Å². The molecule has 1 saturated carbocycles. The minimum Gasteiger partial charge on any atom is -0.497 e. The van der Waals surface area contributed by atoms with Crippen LogP contribution in [0, 0.1) is 11.8 Å². The smallest absolute Gasteiger partial charge is 0.309 e. The number of esters is 1. The van der Waals surface area contributed by atoms with Crippen molar-refractivity contribution in [1.82, 2.24) is 15.0 Å². The van der Waals surface area contributed by atoms with Gasteiger partial charge in [0.05, 0.1) is 31.1 Å². The summed E-state index contributed by atoms with van der Waals surface area (Å²) < 4.78 is 16.3. The summed E-state index contributed by atoms with van der Waals surface area (Å²) in [5.74, 6) is 0.650. The Morgan fingerprint density at radius 3 is 2.76 bits per heavy atom. The van der Waals surface area contributed by atoms with Gasteiger partial charge >= 0.3 is 5.97 Å². The van der Waals surface area contributed by atoms with E-state index in [1.54, 1.807) is 57.7 Å². The number of nitrogens with one attached hydrogen (secondary N) is 2. The third kappa shape index (κ3) is 3.87. The minimum atomic E-state index is -0.409. The summed E-state index contributed by atoms with van der Waals surface area (Å²) in [6.07, 6.45) is 3.78. The Morgan fingerprint density at radius 1 is 1.15 bits per heavy atom. The van der Waals surface area contributed by atoms with E-state index in [-0.39, 0.29) is 11.9 Å². The van der Waals surface area contributed by atoms with Gasteiger partial charge in [-0.2, -0.15) is 0 Å². The number of pyridine rings is 2. The van der Waals surface area contributed by atoms with Crippen molar-refractivity contribution in [3.05, 3.63) is 36.7 Å². The molecule has 1 aromatic carbocycles. The molecule has 10 nitrogen and oxygen atoms in total. The zero-order valence-electron chi connectivity index (χ0n) is 18.9. The third-order valence-electron chi connectivity index (χ3n) is 5.80. The van der Waals surface area contributed by atoms with Crippen molar-refractivity contribution in [3.63, 3.8) is 0 Å². The summed E-state index contributed by atoms with van der Waals surface area (Å²) in [6, 6.07) is 7.15. The van der Waals surface area contributed by atoms with Crippen molar-refractivity contribution in [2.45, 2.75) is 13.3 Å². The van der Waals surface area contributed by atoms with Gasteiger partial charge in [0.15, 0.2) is 5.58 Å². The lowest BCUT2D eigenvalue weighted by molar-refractivity contribution is -0.145.